The highest BCUT2D eigenvalue weighted by Crippen LogP contribution is 2.39. The lowest BCUT2D eigenvalue weighted by molar-refractivity contribution is 0.149. The number of aromatic nitrogens is 4. The molecule has 0 spiro atoms. The van der Waals surface area contributed by atoms with E-state index in [4.69, 9.17) is 11.5 Å². The Kier molecular flexibility index (Phi) is 4.20. The van der Waals surface area contributed by atoms with Gasteiger partial charge in [-0.2, -0.15) is 0 Å². The monoisotopic (exact) mass is 319 g/mol. The van der Waals surface area contributed by atoms with Crippen molar-refractivity contribution in [1.29, 1.82) is 0 Å². The van der Waals surface area contributed by atoms with Crippen molar-refractivity contribution in [3.8, 4) is 0 Å². The first-order valence-electron chi connectivity index (χ1n) is 7.38. The molecular formula is C14H18FN7O. The summed E-state index contributed by atoms with van der Waals surface area (Å²) in [4.78, 5) is 13.4. The molecule has 1 aromatic carbocycles. The summed E-state index contributed by atoms with van der Waals surface area (Å²) in [5.41, 5.74) is 12.7. The fourth-order valence-electron chi connectivity index (χ4n) is 3.19. The summed E-state index contributed by atoms with van der Waals surface area (Å²) in [5.74, 6) is 0.392. The van der Waals surface area contributed by atoms with E-state index < -0.39 is 6.03 Å². The minimum atomic E-state index is -0.503. The van der Waals surface area contributed by atoms with E-state index in [1.165, 1.54) is 12.1 Å². The number of hydrogen-bond donors (Lipinski definition) is 3. The average molecular weight is 319 g/mol. The minimum Gasteiger partial charge on any atom is -0.351 e. The molecular weight excluding hydrogens is 301 g/mol. The van der Waals surface area contributed by atoms with E-state index in [1.54, 1.807) is 11.0 Å². The van der Waals surface area contributed by atoms with Gasteiger partial charge in [0.25, 0.3) is 0 Å². The van der Waals surface area contributed by atoms with Crippen LogP contribution in [0.15, 0.2) is 18.2 Å². The molecule has 0 bridgehead atoms. The summed E-state index contributed by atoms with van der Waals surface area (Å²) in [6.45, 7) is 0.664. The first-order chi connectivity index (χ1) is 11.1. The van der Waals surface area contributed by atoms with Crippen LogP contribution >= 0.6 is 0 Å². The van der Waals surface area contributed by atoms with Crippen LogP contribution < -0.4 is 11.5 Å². The number of halogens is 1. The number of amides is 2. The molecule has 1 aliphatic rings. The summed E-state index contributed by atoms with van der Waals surface area (Å²) >= 11 is 0. The van der Waals surface area contributed by atoms with Crippen molar-refractivity contribution in [3.05, 3.63) is 41.0 Å². The van der Waals surface area contributed by atoms with Crippen LogP contribution in [0.2, 0.25) is 0 Å². The Morgan fingerprint density at radius 2 is 2.30 bits per heavy atom. The largest absolute Gasteiger partial charge is 0.351 e. The third-order valence-corrected chi connectivity index (χ3v) is 4.32. The summed E-state index contributed by atoms with van der Waals surface area (Å²) in [7, 11) is 0. The Morgan fingerprint density at radius 1 is 1.48 bits per heavy atom. The number of nitrogens with one attached hydrogen (secondary N) is 1. The number of piperidine rings is 1. The highest BCUT2D eigenvalue weighted by Gasteiger charge is 2.34. The molecule has 2 unspecified atom stereocenters. The quantitative estimate of drug-likeness (QED) is 0.771. The maximum atomic E-state index is 13.5. The van der Waals surface area contributed by atoms with Crippen LogP contribution in [0.3, 0.4) is 0 Å². The van der Waals surface area contributed by atoms with Gasteiger partial charge in [-0.25, -0.2) is 14.3 Å². The third kappa shape index (κ3) is 3.00. The Morgan fingerprint density at radius 3 is 2.96 bits per heavy atom. The van der Waals surface area contributed by atoms with Gasteiger partial charge in [0.1, 0.15) is 5.82 Å². The van der Waals surface area contributed by atoms with Gasteiger partial charge in [-0.05, 0) is 46.5 Å². The van der Waals surface area contributed by atoms with Gasteiger partial charge < -0.3 is 16.4 Å². The molecule has 2 aromatic rings. The molecule has 2 atom stereocenters. The SMILES string of the molecule is NCc1cc(F)ccc1C1CC(c2nnn[nH]2)CCN1C(N)=O. The molecule has 1 fully saturated rings. The number of benzene rings is 1. The number of rotatable bonds is 3. The van der Waals surface area contributed by atoms with Gasteiger partial charge in [0.05, 0.1) is 6.04 Å². The van der Waals surface area contributed by atoms with Crippen molar-refractivity contribution >= 4 is 6.03 Å². The fraction of sp³-hybridized carbons (Fsp3) is 0.429. The smallest absolute Gasteiger partial charge is 0.315 e. The zero-order valence-corrected chi connectivity index (χ0v) is 12.4. The maximum Gasteiger partial charge on any atom is 0.315 e. The second-order valence-corrected chi connectivity index (χ2v) is 5.60. The van der Waals surface area contributed by atoms with Crippen LogP contribution in [0.4, 0.5) is 9.18 Å². The lowest BCUT2D eigenvalue weighted by Gasteiger charge is -2.38. The van der Waals surface area contributed by atoms with E-state index in [0.29, 0.717) is 30.8 Å². The van der Waals surface area contributed by atoms with Gasteiger partial charge in [-0.15, -0.1) is 5.10 Å². The third-order valence-electron chi connectivity index (χ3n) is 4.32. The lowest BCUT2D eigenvalue weighted by Crippen LogP contribution is -2.44. The van der Waals surface area contributed by atoms with Crippen LogP contribution in [0.1, 0.15) is 41.8 Å². The van der Waals surface area contributed by atoms with Gasteiger partial charge in [0, 0.05) is 19.0 Å². The van der Waals surface area contributed by atoms with Gasteiger partial charge in [0.2, 0.25) is 0 Å². The average Bonchev–Trinajstić information content (AvgIpc) is 3.08. The van der Waals surface area contributed by atoms with Crippen molar-refractivity contribution in [1.82, 2.24) is 25.5 Å². The molecule has 1 aliphatic heterocycles. The first-order valence-corrected chi connectivity index (χ1v) is 7.38. The Hall–Kier alpha value is -2.55. The number of primary amides is 1. The van der Waals surface area contributed by atoms with Crippen LogP contribution in [0.25, 0.3) is 0 Å². The predicted molar refractivity (Wildman–Crippen MR) is 79.5 cm³/mol. The van der Waals surface area contributed by atoms with Crippen molar-refractivity contribution in [2.75, 3.05) is 6.54 Å². The number of likely N-dealkylation sites (tertiary alicyclic amines) is 1. The Bertz CT molecular complexity index is 690. The number of hydrogen-bond acceptors (Lipinski definition) is 5. The summed E-state index contributed by atoms with van der Waals surface area (Å²) in [5, 5.41) is 13.9. The van der Waals surface area contributed by atoms with E-state index in [0.717, 1.165) is 5.56 Å². The normalized spacial score (nSPS) is 21.4. The molecule has 0 saturated carbocycles. The molecule has 2 heterocycles. The minimum absolute atomic E-state index is 0.0706. The molecule has 23 heavy (non-hydrogen) atoms. The molecule has 0 aliphatic carbocycles. The van der Waals surface area contributed by atoms with Crippen molar-refractivity contribution in [3.63, 3.8) is 0 Å². The van der Waals surface area contributed by atoms with Crippen molar-refractivity contribution in [2.45, 2.75) is 31.3 Å². The van der Waals surface area contributed by atoms with Gasteiger partial charge >= 0.3 is 6.03 Å². The zero-order chi connectivity index (χ0) is 16.4. The van der Waals surface area contributed by atoms with E-state index in [2.05, 4.69) is 20.6 Å². The summed E-state index contributed by atoms with van der Waals surface area (Å²) < 4.78 is 13.5. The van der Waals surface area contributed by atoms with Gasteiger partial charge in [0.15, 0.2) is 5.82 Å². The number of tetrazole rings is 1. The second kappa shape index (κ2) is 6.29. The van der Waals surface area contributed by atoms with E-state index in [1.807, 2.05) is 0 Å². The summed E-state index contributed by atoms with van der Waals surface area (Å²) in [6, 6.07) is 3.65. The fourth-order valence-corrected chi connectivity index (χ4v) is 3.19. The van der Waals surface area contributed by atoms with E-state index in [-0.39, 0.29) is 24.3 Å². The Balaban J connectivity index is 1.96. The molecule has 0 radical (unpaired) electrons. The summed E-state index contributed by atoms with van der Waals surface area (Å²) in [6.07, 6.45) is 1.30. The predicted octanol–water partition coefficient (Wildman–Crippen LogP) is 0.797. The van der Waals surface area contributed by atoms with Crippen molar-refractivity contribution in [2.24, 2.45) is 11.5 Å². The number of carbonyl (C=O) groups is 1. The molecule has 2 amide bonds. The number of H-pyrrole nitrogens is 1. The number of urea groups is 1. The standard InChI is InChI=1S/C14H18FN7O/c15-10-1-2-11(9(5-10)7-16)12-6-8(13-18-20-21-19-13)3-4-22(12)14(17)23/h1-2,5,8,12H,3-4,6-7,16H2,(H2,17,23)(H,18,19,20,21). The van der Waals surface area contributed by atoms with Crippen molar-refractivity contribution < 1.29 is 9.18 Å². The Labute approximate surface area is 132 Å². The molecule has 1 aromatic heterocycles. The first kappa shape index (κ1) is 15.3. The highest BCUT2D eigenvalue weighted by molar-refractivity contribution is 5.73. The molecule has 9 heteroatoms. The van der Waals surface area contributed by atoms with E-state index in [9.17, 15) is 9.18 Å². The number of aromatic amines is 1. The van der Waals surface area contributed by atoms with Gasteiger partial charge in [-0.3, -0.25) is 0 Å². The number of nitrogens with zero attached hydrogens (tertiary/aromatic N) is 4. The molecule has 3 rings (SSSR count). The van der Waals surface area contributed by atoms with Crippen LogP contribution in [0, 0.1) is 5.82 Å². The maximum absolute atomic E-state index is 13.5. The molecule has 1 saturated heterocycles. The highest BCUT2D eigenvalue weighted by atomic mass is 19.1. The lowest BCUT2D eigenvalue weighted by atomic mass is 9.85. The number of nitrogens with two attached hydrogens (primary N) is 2. The molecule has 5 N–H and O–H groups in total. The topological polar surface area (TPSA) is 127 Å². The van der Waals surface area contributed by atoms with Crippen LogP contribution in [-0.2, 0) is 6.54 Å². The van der Waals surface area contributed by atoms with Crippen LogP contribution in [0.5, 0.6) is 0 Å². The second-order valence-electron chi connectivity index (χ2n) is 5.60. The molecule has 122 valence electrons. The number of carbonyl (C=O) groups excluding carboxylic acids is 1. The van der Waals surface area contributed by atoms with E-state index >= 15 is 0 Å². The van der Waals surface area contributed by atoms with Crippen LogP contribution in [-0.4, -0.2) is 38.1 Å². The zero-order valence-electron chi connectivity index (χ0n) is 12.4. The van der Waals surface area contributed by atoms with Gasteiger partial charge in [-0.1, -0.05) is 6.07 Å². The molecule has 8 nitrogen and oxygen atoms in total.